The Balaban J connectivity index is 1.78. The molecule has 0 saturated carbocycles. The van der Waals surface area contributed by atoms with Gasteiger partial charge in [-0.05, 0) is 60.2 Å². The van der Waals surface area contributed by atoms with Gasteiger partial charge in [0.25, 0.3) is 5.91 Å². The number of hydrogen-bond donors (Lipinski definition) is 1. The van der Waals surface area contributed by atoms with Gasteiger partial charge >= 0.3 is 5.97 Å². The zero-order chi connectivity index (χ0) is 23.3. The Morgan fingerprint density at radius 3 is 2.22 bits per heavy atom. The number of hydrogen-bond acceptors (Lipinski definition) is 5. The van der Waals surface area contributed by atoms with Gasteiger partial charge in [0.15, 0.2) is 0 Å². The van der Waals surface area contributed by atoms with Crippen LogP contribution < -0.4 is 9.62 Å². The SMILES string of the molecule is COC(=O)c1cccc(NC(=O)c2ccc(N(Cc3ccc(F)cc3)S(C)(=O)=O)cc2)c1. The van der Waals surface area contributed by atoms with Crippen LogP contribution in [0.4, 0.5) is 15.8 Å². The van der Waals surface area contributed by atoms with Crippen LogP contribution >= 0.6 is 0 Å². The van der Waals surface area contributed by atoms with Gasteiger partial charge < -0.3 is 10.1 Å². The first kappa shape index (κ1) is 23.0. The molecule has 0 bridgehead atoms. The number of esters is 1. The van der Waals surface area contributed by atoms with Crippen LogP contribution in [-0.4, -0.2) is 33.7 Å². The molecule has 0 spiro atoms. The van der Waals surface area contributed by atoms with Gasteiger partial charge in [-0.1, -0.05) is 18.2 Å². The Bertz CT molecular complexity index is 1230. The molecule has 0 saturated heterocycles. The van der Waals surface area contributed by atoms with E-state index in [2.05, 4.69) is 10.1 Å². The summed E-state index contributed by atoms with van der Waals surface area (Å²) >= 11 is 0. The zero-order valence-corrected chi connectivity index (χ0v) is 18.2. The lowest BCUT2D eigenvalue weighted by Crippen LogP contribution is -2.29. The standard InChI is InChI=1S/C23H21FN2O5S/c1-31-23(28)18-4-3-5-20(14-18)25-22(27)17-8-12-21(13-9-17)26(32(2,29)30)15-16-6-10-19(24)11-7-16/h3-14H,15H2,1-2H3,(H,25,27). The van der Waals surface area contributed by atoms with Crippen LogP contribution in [0.3, 0.4) is 0 Å². The van der Waals surface area contributed by atoms with Crippen molar-refractivity contribution in [1.29, 1.82) is 0 Å². The number of rotatable bonds is 7. The van der Waals surface area contributed by atoms with Gasteiger partial charge in [-0.15, -0.1) is 0 Å². The van der Waals surface area contributed by atoms with E-state index in [-0.39, 0.29) is 6.54 Å². The van der Waals surface area contributed by atoms with E-state index in [1.165, 1.54) is 66.0 Å². The number of nitrogens with zero attached hydrogens (tertiary/aromatic N) is 1. The van der Waals surface area contributed by atoms with Crippen molar-refractivity contribution in [3.05, 3.63) is 95.3 Å². The van der Waals surface area contributed by atoms with Crippen LogP contribution in [0.25, 0.3) is 0 Å². The van der Waals surface area contributed by atoms with Gasteiger partial charge in [-0.25, -0.2) is 17.6 Å². The average Bonchev–Trinajstić information content (AvgIpc) is 2.77. The first-order valence-electron chi connectivity index (χ1n) is 9.49. The minimum Gasteiger partial charge on any atom is -0.465 e. The molecule has 0 aromatic heterocycles. The van der Waals surface area contributed by atoms with Gasteiger partial charge in [-0.2, -0.15) is 0 Å². The average molecular weight is 456 g/mol. The molecule has 0 aliphatic rings. The fourth-order valence-corrected chi connectivity index (χ4v) is 3.87. The normalized spacial score (nSPS) is 11.0. The van der Waals surface area contributed by atoms with Crippen LogP contribution in [0.1, 0.15) is 26.3 Å². The first-order valence-corrected chi connectivity index (χ1v) is 11.3. The van der Waals surface area contributed by atoms with Gasteiger partial charge in [0, 0.05) is 11.3 Å². The Labute approximate surface area is 185 Å². The zero-order valence-electron chi connectivity index (χ0n) is 17.4. The molecule has 0 aliphatic carbocycles. The number of benzene rings is 3. The predicted molar refractivity (Wildman–Crippen MR) is 120 cm³/mol. The van der Waals surface area contributed by atoms with Crippen molar-refractivity contribution in [2.75, 3.05) is 23.0 Å². The number of ether oxygens (including phenoxy) is 1. The Hall–Kier alpha value is -3.72. The van der Waals surface area contributed by atoms with Crippen LogP contribution in [-0.2, 0) is 21.3 Å². The van der Waals surface area contributed by atoms with Crippen molar-refractivity contribution in [3.8, 4) is 0 Å². The second kappa shape index (κ2) is 9.61. The van der Waals surface area contributed by atoms with Crippen molar-refractivity contribution in [3.63, 3.8) is 0 Å². The highest BCUT2D eigenvalue weighted by atomic mass is 32.2. The van der Waals surface area contributed by atoms with E-state index in [1.807, 2.05) is 0 Å². The molecule has 1 amide bonds. The second-order valence-electron chi connectivity index (χ2n) is 6.97. The van der Waals surface area contributed by atoms with Crippen molar-refractivity contribution in [1.82, 2.24) is 0 Å². The number of methoxy groups -OCH3 is 1. The highest BCUT2D eigenvalue weighted by molar-refractivity contribution is 7.92. The molecule has 0 aliphatic heterocycles. The maximum absolute atomic E-state index is 13.1. The molecule has 3 aromatic rings. The van der Waals surface area contributed by atoms with Crippen molar-refractivity contribution in [2.24, 2.45) is 0 Å². The summed E-state index contributed by atoms with van der Waals surface area (Å²) in [5.74, 6) is -1.36. The molecule has 0 atom stereocenters. The van der Waals surface area contributed by atoms with Gasteiger partial charge in [0.05, 0.1) is 31.2 Å². The number of amides is 1. The number of carbonyl (C=O) groups is 2. The smallest absolute Gasteiger partial charge is 0.337 e. The predicted octanol–water partition coefficient (Wildman–Crippen LogP) is 3.83. The van der Waals surface area contributed by atoms with E-state index < -0.39 is 27.7 Å². The number of nitrogens with one attached hydrogen (secondary N) is 1. The summed E-state index contributed by atoms with van der Waals surface area (Å²) in [5, 5.41) is 2.69. The van der Waals surface area contributed by atoms with Gasteiger partial charge in [0.1, 0.15) is 5.82 Å². The molecule has 3 rings (SSSR count). The lowest BCUT2D eigenvalue weighted by atomic mass is 10.1. The summed E-state index contributed by atoms with van der Waals surface area (Å²) in [6, 6.07) is 17.9. The van der Waals surface area contributed by atoms with E-state index in [0.29, 0.717) is 28.1 Å². The molecule has 3 aromatic carbocycles. The highest BCUT2D eigenvalue weighted by Crippen LogP contribution is 2.22. The summed E-state index contributed by atoms with van der Waals surface area (Å²) in [5.41, 5.74) is 1.99. The molecule has 0 heterocycles. The number of carbonyl (C=O) groups excluding carboxylic acids is 2. The second-order valence-corrected chi connectivity index (χ2v) is 8.88. The first-order chi connectivity index (χ1) is 15.2. The summed E-state index contributed by atoms with van der Waals surface area (Å²) in [4.78, 5) is 24.2. The summed E-state index contributed by atoms with van der Waals surface area (Å²) in [6.45, 7) is 0.0188. The maximum atomic E-state index is 13.1. The van der Waals surface area contributed by atoms with Crippen LogP contribution in [0.15, 0.2) is 72.8 Å². The van der Waals surface area contributed by atoms with Crippen LogP contribution in [0.2, 0.25) is 0 Å². The van der Waals surface area contributed by atoms with Gasteiger partial charge in [-0.3, -0.25) is 9.10 Å². The fraction of sp³-hybridized carbons (Fsp3) is 0.130. The minimum absolute atomic E-state index is 0.0188. The lowest BCUT2D eigenvalue weighted by molar-refractivity contribution is 0.0600. The molecule has 32 heavy (non-hydrogen) atoms. The van der Waals surface area contributed by atoms with E-state index in [0.717, 1.165) is 6.26 Å². The van der Waals surface area contributed by atoms with Gasteiger partial charge in [0.2, 0.25) is 10.0 Å². The third-order valence-corrected chi connectivity index (χ3v) is 5.74. The molecule has 0 fully saturated rings. The van der Waals surface area contributed by atoms with Crippen LogP contribution in [0.5, 0.6) is 0 Å². The molecule has 7 nitrogen and oxygen atoms in total. The Morgan fingerprint density at radius 1 is 0.969 bits per heavy atom. The van der Waals surface area contributed by atoms with Crippen molar-refractivity contribution < 1.29 is 27.1 Å². The van der Waals surface area contributed by atoms with E-state index in [4.69, 9.17) is 0 Å². The highest BCUT2D eigenvalue weighted by Gasteiger charge is 2.19. The quantitative estimate of drug-likeness (QED) is 0.546. The summed E-state index contributed by atoms with van der Waals surface area (Å²) < 4.78 is 43.6. The monoisotopic (exact) mass is 456 g/mol. The lowest BCUT2D eigenvalue weighted by Gasteiger charge is -2.22. The third kappa shape index (κ3) is 5.70. The van der Waals surface area contributed by atoms with Crippen LogP contribution in [0, 0.1) is 5.82 Å². The molecule has 0 unspecified atom stereocenters. The molecule has 9 heteroatoms. The maximum Gasteiger partial charge on any atom is 0.337 e. The topological polar surface area (TPSA) is 92.8 Å². The van der Waals surface area contributed by atoms with E-state index >= 15 is 0 Å². The molecule has 0 radical (unpaired) electrons. The molecule has 1 N–H and O–H groups in total. The Morgan fingerprint density at radius 2 is 1.62 bits per heavy atom. The molecular weight excluding hydrogens is 435 g/mol. The summed E-state index contributed by atoms with van der Waals surface area (Å²) in [6.07, 6.45) is 1.07. The molecule has 166 valence electrons. The van der Waals surface area contributed by atoms with Crippen molar-refractivity contribution in [2.45, 2.75) is 6.54 Å². The van der Waals surface area contributed by atoms with E-state index in [1.54, 1.807) is 18.2 Å². The van der Waals surface area contributed by atoms with E-state index in [9.17, 15) is 22.4 Å². The fourth-order valence-electron chi connectivity index (χ4n) is 2.98. The molecular formula is C23H21FN2O5S. The minimum atomic E-state index is -3.63. The third-order valence-electron chi connectivity index (χ3n) is 4.60. The number of halogens is 1. The summed E-state index contributed by atoms with van der Waals surface area (Å²) in [7, 11) is -2.36. The Kier molecular flexibility index (Phi) is 6.89. The number of sulfonamides is 1. The largest absolute Gasteiger partial charge is 0.465 e. The number of anilines is 2. The van der Waals surface area contributed by atoms with Crippen molar-refractivity contribution >= 4 is 33.3 Å².